The molecule has 2 aromatic rings. The fraction of sp³-hybridized carbons (Fsp3) is 0.286. The molecular formula is C14H15BrClNS. The summed E-state index contributed by atoms with van der Waals surface area (Å²) in [5.41, 5.74) is 1.25. The maximum atomic E-state index is 6.03. The zero-order valence-corrected chi connectivity index (χ0v) is 13.5. The average molecular weight is 345 g/mol. The van der Waals surface area contributed by atoms with Crippen molar-refractivity contribution in [3.8, 4) is 0 Å². The zero-order valence-electron chi connectivity index (χ0n) is 10.3. The Morgan fingerprint density at radius 2 is 2.17 bits per heavy atom. The van der Waals surface area contributed by atoms with Crippen LogP contribution in [0.1, 0.15) is 21.4 Å². The summed E-state index contributed by atoms with van der Waals surface area (Å²) in [7, 11) is 2.00. The van der Waals surface area contributed by atoms with Gasteiger partial charge < -0.3 is 5.32 Å². The van der Waals surface area contributed by atoms with Gasteiger partial charge in [-0.25, -0.2) is 0 Å². The van der Waals surface area contributed by atoms with Gasteiger partial charge in [0.05, 0.1) is 0 Å². The Hall–Kier alpha value is -0.350. The van der Waals surface area contributed by atoms with Crippen molar-refractivity contribution in [3.63, 3.8) is 0 Å². The second-order valence-corrected chi connectivity index (χ2v) is 6.82. The third-order valence-corrected chi connectivity index (χ3v) is 5.15. The summed E-state index contributed by atoms with van der Waals surface area (Å²) in [5.74, 6) is 0. The van der Waals surface area contributed by atoms with E-state index in [9.17, 15) is 0 Å². The molecule has 1 nitrogen and oxygen atoms in total. The van der Waals surface area contributed by atoms with Crippen LogP contribution in [0.15, 0.2) is 34.8 Å². The molecule has 0 spiro atoms. The summed E-state index contributed by atoms with van der Waals surface area (Å²) in [4.78, 5) is 2.66. The molecule has 0 saturated carbocycles. The molecule has 1 unspecified atom stereocenters. The van der Waals surface area contributed by atoms with Crippen molar-refractivity contribution in [2.75, 3.05) is 7.05 Å². The van der Waals surface area contributed by atoms with Crippen molar-refractivity contribution < 1.29 is 0 Å². The van der Waals surface area contributed by atoms with E-state index < -0.39 is 0 Å². The van der Waals surface area contributed by atoms with Gasteiger partial charge in [0.1, 0.15) is 0 Å². The number of hydrogen-bond acceptors (Lipinski definition) is 2. The largest absolute Gasteiger partial charge is 0.312 e. The van der Waals surface area contributed by atoms with Gasteiger partial charge in [0.2, 0.25) is 0 Å². The Balaban J connectivity index is 2.22. The Kier molecular flexibility index (Phi) is 4.84. The first-order valence-electron chi connectivity index (χ1n) is 5.77. The summed E-state index contributed by atoms with van der Waals surface area (Å²) < 4.78 is 1.19. The number of rotatable bonds is 4. The zero-order chi connectivity index (χ0) is 13.1. The Morgan fingerprint density at radius 1 is 1.39 bits per heavy atom. The molecule has 1 aromatic heterocycles. The number of thiophene rings is 1. The van der Waals surface area contributed by atoms with Crippen LogP contribution < -0.4 is 5.32 Å². The van der Waals surface area contributed by atoms with Gasteiger partial charge in [-0.3, -0.25) is 0 Å². The highest BCUT2D eigenvalue weighted by molar-refractivity contribution is 9.10. The number of halogens is 2. The standard InChI is InChI=1S/C14H15BrClNS/c1-9-6-12(15)14(18-9)13(17-2)8-10-4-3-5-11(16)7-10/h3-7,13,17H,8H2,1-2H3. The lowest BCUT2D eigenvalue weighted by molar-refractivity contribution is 0.600. The van der Waals surface area contributed by atoms with Crippen LogP contribution in [0.2, 0.25) is 5.02 Å². The third kappa shape index (κ3) is 3.35. The fourth-order valence-corrected chi connectivity index (χ4v) is 4.21. The van der Waals surface area contributed by atoms with E-state index in [2.05, 4.69) is 40.3 Å². The van der Waals surface area contributed by atoms with Gasteiger partial charge in [-0.1, -0.05) is 23.7 Å². The molecule has 0 aliphatic heterocycles. The van der Waals surface area contributed by atoms with E-state index in [0.29, 0.717) is 6.04 Å². The maximum absolute atomic E-state index is 6.03. The van der Waals surface area contributed by atoms with Gasteiger partial charge in [-0.05, 0) is 60.1 Å². The van der Waals surface area contributed by atoms with E-state index in [1.165, 1.54) is 19.8 Å². The van der Waals surface area contributed by atoms with Crippen molar-refractivity contribution in [2.45, 2.75) is 19.4 Å². The summed E-state index contributed by atoms with van der Waals surface area (Å²) in [6.07, 6.45) is 0.940. The summed E-state index contributed by atoms with van der Waals surface area (Å²) >= 11 is 11.5. The minimum absolute atomic E-state index is 0.316. The molecule has 0 bridgehead atoms. The number of benzene rings is 1. The van der Waals surface area contributed by atoms with Crippen LogP contribution in [-0.4, -0.2) is 7.05 Å². The van der Waals surface area contributed by atoms with Crippen molar-refractivity contribution in [2.24, 2.45) is 0 Å². The molecule has 1 heterocycles. The van der Waals surface area contributed by atoms with Gasteiger partial charge >= 0.3 is 0 Å². The molecule has 18 heavy (non-hydrogen) atoms. The Bertz CT molecular complexity index is 538. The molecule has 1 atom stereocenters. The monoisotopic (exact) mass is 343 g/mol. The molecule has 0 radical (unpaired) electrons. The Labute approximate surface area is 125 Å². The summed E-state index contributed by atoms with van der Waals surface area (Å²) in [5, 5.41) is 4.17. The SMILES string of the molecule is CNC(Cc1cccc(Cl)c1)c1sc(C)cc1Br. The average Bonchev–Trinajstić information content (AvgIpc) is 2.65. The van der Waals surface area contributed by atoms with Crippen LogP contribution in [-0.2, 0) is 6.42 Å². The van der Waals surface area contributed by atoms with Gasteiger partial charge in [0.25, 0.3) is 0 Å². The van der Waals surface area contributed by atoms with Gasteiger partial charge in [0.15, 0.2) is 0 Å². The quantitative estimate of drug-likeness (QED) is 0.825. The summed E-state index contributed by atoms with van der Waals surface area (Å²) in [6, 6.07) is 10.5. The second-order valence-electron chi connectivity index (χ2n) is 4.24. The first kappa shape index (κ1) is 14.1. The van der Waals surface area contributed by atoms with Gasteiger partial charge in [-0.2, -0.15) is 0 Å². The minimum atomic E-state index is 0.316. The van der Waals surface area contributed by atoms with Crippen molar-refractivity contribution in [1.29, 1.82) is 0 Å². The van der Waals surface area contributed by atoms with Crippen LogP contribution in [0.3, 0.4) is 0 Å². The van der Waals surface area contributed by atoms with E-state index in [4.69, 9.17) is 11.6 Å². The lowest BCUT2D eigenvalue weighted by atomic mass is 10.0. The minimum Gasteiger partial charge on any atom is -0.312 e. The molecule has 0 amide bonds. The number of likely N-dealkylation sites (N-methyl/N-ethyl adjacent to an activating group) is 1. The number of aryl methyl sites for hydroxylation is 1. The van der Waals surface area contributed by atoms with Crippen molar-refractivity contribution >= 4 is 38.9 Å². The molecule has 0 aliphatic carbocycles. The maximum Gasteiger partial charge on any atom is 0.0464 e. The van der Waals surface area contributed by atoms with E-state index in [-0.39, 0.29) is 0 Å². The Morgan fingerprint density at radius 3 is 2.72 bits per heavy atom. The predicted octanol–water partition coefficient (Wildman–Crippen LogP) is 4.98. The highest BCUT2D eigenvalue weighted by Crippen LogP contribution is 2.33. The molecule has 0 fully saturated rings. The van der Waals surface area contributed by atoms with Gasteiger partial charge in [0, 0.05) is 25.3 Å². The lowest BCUT2D eigenvalue weighted by Gasteiger charge is -2.15. The van der Waals surface area contributed by atoms with Crippen LogP contribution >= 0.6 is 38.9 Å². The molecule has 0 aliphatic rings. The van der Waals surface area contributed by atoms with Crippen LogP contribution in [0.4, 0.5) is 0 Å². The number of hydrogen-bond donors (Lipinski definition) is 1. The van der Waals surface area contributed by atoms with Gasteiger partial charge in [-0.15, -0.1) is 11.3 Å². The van der Waals surface area contributed by atoms with Crippen molar-refractivity contribution in [3.05, 3.63) is 55.1 Å². The summed E-state index contributed by atoms with van der Waals surface area (Å²) in [6.45, 7) is 2.13. The first-order valence-corrected chi connectivity index (χ1v) is 7.76. The number of nitrogens with one attached hydrogen (secondary N) is 1. The predicted molar refractivity (Wildman–Crippen MR) is 83.7 cm³/mol. The van der Waals surface area contributed by atoms with E-state index >= 15 is 0 Å². The van der Waals surface area contributed by atoms with Crippen LogP contribution in [0, 0.1) is 6.92 Å². The van der Waals surface area contributed by atoms with Crippen molar-refractivity contribution in [1.82, 2.24) is 5.32 Å². The molecule has 0 saturated heterocycles. The molecular weight excluding hydrogens is 330 g/mol. The van der Waals surface area contributed by atoms with E-state index in [1.54, 1.807) is 0 Å². The highest BCUT2D eigenvalue weighted by atomic mass is 79.9. The molecule has 1 N–H and O–H groups in total. The normalized spacial score (nSPS) is 12.7. The molecule has 2 rings (SSSR count). The van der Waals surface area contributed by atoms with E-state index in [0.717, 1.165) is 11.4 Å². The second kappa shape index (κ2) is 6.20. The van der Waals surface area contributed by atoms with Crippen LogP contribution in [0.5, 0.6) is 0 Å². The van der Waals surface area contributed by atoms with Crippen LogP contribution in [0.25, 0.3) is 0 Å². The highest BCUT2D eigenvalue weighted by Gasteiger charge is 2.16. The smallest absolute Gasteiger partial charge is 0.0464 e. The lowest BCUT2D eigenvalue weighted by Crippen LogP contribution is -2.18. The third-order valence-electron chi connectivity index (χ3n) is 2.83. The molecule has 4 heteroatoms. The first-order chi connectivity index (χ1) is 8.60. The fourth-order valence-electron chi connectivity index (χ4n) is 1.96. The topological polar surface area (TPSA) is 12.0 Å². The molecule has 1 aromatic carbocycles. The molecule has 96 valence electrons. The van der Waals surface area contributed by atoms with E-state index in [1.807, 2.05) is 36.6 Å².